The van der Waals surface area contributed by atoms with Crippen molar-refractivity contribution in [2.45, 2.75) is 45.6 Å². The number of imidazole rings is 1. The van der Waals surface area contributed by atoms with Crippen LogP contribution in [0, 0.1) is 23.0 Å². The molecule has 2 aromatic rings. The van der Waals surface area contributed by atoms with Gasteiger partial charge in [-0.2, -0.15) is 0 Å². The number of aryl methyl sites for hydroxylation is 1. The van der Waals surface area contributed by atoms with Crippen LogP contribution in [0.25, 0.3) is 11.5 Å². The lowest BCUT2D eigenvalue weighted by molar-refractivity contribution is -0.386. The molecule has 2 heterocycles. The minimum Gasteiger partial charge on any atom is -0.353 e. The zero-order chi connectivity index (χ0) is 16.4. The van der Waals surface area contributed by atoms with E-state index in [9.17, 15) is 10.1 Å². The third-order valence-electron chi connectivity index (χ3n) is 4.31. The standard InChI is InChI=1S/C15H20N6O2/c1-9-3-5-11(6-4-9)19-15-17-7-12(20-15)14-16-8-13(21(22)23)10(2)18-14/h7-9,11H,3-6H2,1-2H3,(H2,17,19,20). The molecule has 2 N–H and O–H groups in total. The Morgan fingerprint density at radius 2 is 2.04 bits per heavy atom. The summed E-state index contributed by atoms with van der Waals surface area (Å²) >= 11 is 0. The fraction of sp³-hybridized carbons (Fsp3) is 0.533. The first-order valence-corrected chi connectivity index (χ1v) is 7.83. The Morgan fingerprint density at radius 3 is 2.70 bits per heavy atom. The topological polar surface area (TPSA) is 110 Å². The maximum atomic E-state index is 10.8. The van der Waals surface area contributed by atoms with Crippen LogP contribution in [-0.4, -0.2) is 30.9 Å². The number of hydrogen-bond donors (Lipinski definition) is 2. The maximum Gasteiger partial charge on any atom is 0.308 e. The molecule has 8 heteroatoms. The van der Waals surface area contributed by atoms with Gasteiger partial charge >= 0.3 is 5.69 Å². The maximum absolute atomic E-state index is 10.8. The largest absolute Gasteiger partial charge is 0.353 e. The number of aromatic nitrogens is 4. The van der Waals surface area contributed by atoms with Crippen LogP contribution >= 0.6 is 0 Å². The smallest absolute Gasteiger partial charge is 0.308 e. The molecule has 23 heavy (non-hydrogen) atoms. The lowest BCUT2D eigenvalue weighted by Crippen LogP contribution is -2.25. The van der Waals surface area contributed by atoms with E-state index < -0.39 is 4.92 Å². The summed E-state index contributed by atoms with van der Waals surface area (Å²) in [5.41, 5.74) is 0.826. The summed E-state index contributed by atoms with van der Waals surface area (Å²) in [5.74, 6) is 1.88. The Labute approximate surface area is 133 Å². The highest BCUT2D eigenvalue weighted by molar-refractivity contribution is 5.53. The molecule has 0 aliphatic heterocycles. The van der Waals surface area contributed by atoms with Gasteiger partial charge in [0, 0.05) is 12.2 Å². The van der Waals surface area contributed by atoms with E-state index >= 15 is 0 Å². The second kappa shape index (κ2) is 6.31. The van der Waals surface area contributed by atoms with E-state index in [0.29, 0.717) is 29.2 Å². The average molecular weight is 316 g/mol. The van der Waals surface area contributed by atoms with Gasteiger partial charge < -0.3 is 10.3 Å². The van der Waals surface area contributed by atoms with Gasteiger partial charge in [-0.25, -0.2) is 15.0 Å². The first kappa shape index (κ1) is 15.4. The molecule has 0 atom stereocenters. The number of nitrogens with one attached hydrogen (secondary N) is 2. The normalized spacial score (nSPS) is 21.1. The lowest BCUT2D eigenvalue weighted by Gasteiger charge is -2.26. The van der Waals surface area contributed by atoms with Crippen molar-refractivity contribution in [3.63, 3.8) is 0 Å². The highest BCUT2D eigenvalue weighted by Crippen LogP contribution is 2.26. The molecule has 122 valence electrons. The summed E-state index contributed by atoms with van der Waals surface area (Å²) in [7, 11) is 0. The van der Waals surface area contributed by atoms with Crippen LogP contribution in [0.5, 0.6) is 0 Å². The van der Waals surface area contributed by atoms with Gasteiger partial charge in [0.1, 0.15) is 17.6 Å². The van der Waals surface area contributed by atoms with Gasteiger partial charge in [-0.3, -0.25) is 10.1 Å². The molecule has 3 rings (SSSR count). The van der Waals surface area contributed by atoms with Gasteiger partial charge in [0.2, 0.25) is 5.95 Å². The molecule has 0 bridgehead atoms. The van der Waals surface area contributed by atoms with Crippen molar-refractivity contribution in [1.82, 2.24) is 19.9 Å². The van der Waals surface area contributed by atoms with Gasteiger partial charge in [-0.05, 0) is 38.5 Å². The van der Waals surface area contributed by atoms with Gasteiger partial charge in [0.25, 0.3) is 0 Å². The molecule has 2 aromatic heterocycles. The fourth-order valence-electron chi connectivity index (χ4n) is 2.87. The lowest BCUT2D eigenvalue weighted by atomic mass is 9.87. The first-order chi connectivity index (χ1) is 11.0. The number of aromatic amines is 1. The van der Waals surface area contributed by atoms with Gasteiger partial charge in [0.05, 0.1) is 4.92 Å². The second-order valence-electron chi connectivity index (χ2n) is 6.16. The van der Waals surface area contributed by atoms with Gasteiger partial charge in [0.15, 0.2) is 5.82 Å². The zero-order valence-corrected chi connectivity index (χ0v) is 13.2. The van der Waals surface area contributed by atoms with Crippen molar-refractivity contribution >= 4 is 11.6 Å². The summed E-state index contributed by atoms with van der Waals surface area (Å²) in [5, 5.41) is 14.2. The van der Waals surface area contributed by atoms with E-state index in [1.807, 2.05) is 0 Å². The van der Waals surface area contributed by atoms with Crippen molar-refractivity contribution < 1.29 is 4.92 Å². The Hall–Kier alpha value is -2.51. The number of H-pyrrole nitrogens is 1. The van der Waals surface area contributed by atoms with E-state index in [1.165, 1.54) is 19.0 Å². The molecule has 0 radical (unpaired) electrons. The minimum absolute atomic E-state index is 0.0843. The van der Waals surface area contributed by atoms with Crippen molar-refractivity contribution in [2.24, 2.45) is 5.92 Å². The monoisotopic (exact) mass is 316 g/mol. The van der Waals surface area contributed by atoms with Crippen LogP contribution < -0.4 is 5.32 Å². The molecule has 1 fully saturated rings. The van der Waals surface area contributed by atoms with E-state index in [4.69, 9.17) is 0 Å². The number of nitrogens with zero attached hydrogens (tertiary/aromatic N) is 4. The predicted octanol–water partition coefficient (Wildman–Crippen LogP) is 3.07. The van der Waals surface area contributed by atoms with Crippen molar-refractivity contribution in [3.8, 4) is 11.5 Å². The minimum atomic E-state index is -0.485. The molecule has 0 amide bonds. The summed E-state index contributed by atoms with van der Waals surface area (Å²) in [4.78, 5) is 26.1. The third-order valence-corrected chi connectivity index (χ3v) is 4.31. The first-order valence-electron chi connectivity index (χ1n) is 7.83. The highest BCUT2D eigenvalue weighted by Gasteiger charge is 2.20. The molecule has 1 aliphatic rings. The van der Waals surface area contributed by atoms with Gasteiger partial charge in [-0.1, -0.05) is 6.92 Å². The number of hydrogen-bond acceptors (Lipinski definition) is 6. The average Bonchev–Trinajstić information content (AvgIpc) is 2.97. The third kappa shape index (κ3) is 3.46. The summed E-state index contributed by atoms with van der Waals surface area (Å²) < 4.78 is 0. The molecule has 0 saturated heterocycles. The quantitative estimate of drug-likeness (QED) is 0.662. The Morgan fingerprint density at radius 1 is 1.30 bits per heavy atom. The second-order valence-corrected chi connectivity index (χ2v) is 6.16. The van der Waals surface area contributed by atoms with Crippen LogP contribution in [0.1, 0.15) is 38.3 Å². The van der Waals surface area contributed by atoms with Crippen LogP contribution in [-0.2, 0) is 0 Å². The molecule has 8 nitrogen and oxygen atoms in total. The Kier molecular flexibility index (Phi) is 4.22. The van der Waals surface area contributed by atoms with Crippen LogP contribution in [0.4, 0.5) is 11.6 Å². The zero-order valence-electron chi connectivity index (χ0n) is 13.2. The van der Waals surface area contributed by atoms with E-state index in [-0.39, 0.29) is 5.69 Å². The number of anilines is 1. The van der Waals surface area contributed by atoms with E-state index in [1.54, 1.807) is 13.1 Å². The van der Waals surface area contributed by atoms with Crippen molar-refractivity contribution in [3.05, 3.63) is 28.2 Å². The van der Waals surface area contributed by atoms with Crippen LogP contribution in [0.15, 0.2) is 12.4 Å². The summed E-state index contributed by atoms with van der Waals surface area (Å²) in [6.45, 7) is 3.88. The molecule has 0 spiro atoms. The summed E-state index contributed by atoms with van der Waals surface area (Å²) in [6, 6.07) is 0.435. The molecule has 0 aromatic carbocycles. The molecule has 0 unspecified atom stereocenters. The van der Waals surface area contributed by atoms with Crippen molar-refractivity contribution in [1.29, 1.82) is 0 Å². The Bertz CT molecular complexity index is 706. The number of nitro groups is 1. The highest BCUT2D eigenvalue weighted by atomic mass is 16.6. The van der Waals surface area contributed by atoms with Gasteiger partial charge in [-0.15, -0.1) is 0 Å². The van der Waals surface area contributed by atoms with Crippen LogP contribution in [0.3, 0.4) is 0 Å². The Balaban J connectivity index is 1.72. The molecular formula is C15H20N6O2. The predicted molar refractivity (Wildman–Crippen MR) is 86.0 cm³/mol. The van der Waals surface area contributed by atoms with E-state index in [0.717, 1.165) is 18.8 Å². The van der Waals surface area contributed by atoms with Crippen molar-refractivity contribution in [2.75, 3.05) is 5.32 Å². The molecular weight excluding hydrogens is 296 g/mol. The number of rotatable bonds is 4. The molecule has 1 saturated carbocycles. The van der Waals surface area contributed by atoms with Crippen LogP contribution in [0.2, 0.25) is 0 Å². The summed E-state index contributed by atoms with van der Waals surface area (Å²) in [6.07, 6.45) is 7.69. The molecule has 1 aliphatic carbocycles. The fourth-order valence-corrected chi connectivity index (χ4v) is 2.87. The SMILES string of the molecule is Cc1nc(-c2c[nH]c(NC3CCC(C)CC3)n2)ncc1[N+](=O)[O-]. The van der Waals surface area contributed by atoms with E-state index in [2.05, 4.69) is 32.2 Å².